The number of piperidine rings is 1. The van der Waals surface area contributed by atoms with Crippen molar-refractivity contribution >= 4 is 22.4 Å². The number of carbonyl (C=O) groups is 1. The lowest BCUT2D eigenvalue weighted by molar-refractivity contribution is 0.0519. The van der Waals surface area contributed by atoms with Crippen molar-refractivity contribution in [1.82, 2.24) is 4.98 Å². The molecule has 0 spiro atoms. The van der Waals surface area contributed by atoms with Crippen LogP contribution in [0.4, 0.5) is 5.13 Å². The third-order valence-electron chi connectivity index (χ3n) is 3.62. The van der Waals surface area contributed by atoms with Crippen LogP contribution >= 0.6 is 11.3 Å². The van der Waals surface area contributed by atoms with Crippen LogP contribution in [-0.4, -0.2) is 30.6 Å². The quantitative estimate of drug-likeness (QED) is 0.795. The number of nitrogens with zero attached hydrogens (tertiary/aromatic N) is 2. The van der Waals surface area contributed by atoms with Gasteiger partial charge >= 0.3 is 5.97 Å². The first-order chi connectivity index (χ1) is 9.15. The van der Waals surface area contributed by atoms with E-state index in [0.717, 1.165) is 29.0 Å². The second kappa shape index (κ2) is 6.37. The Morgan fingerprint density at radius 1 is 1.53 bits per heavy atom. The predicted octanol–water partition coefficient (Wildman–Crippen LogP) is 3.25. The topological polar surface area (TPSA) is 42.4 Å². The molecule has 106 valence electrons. The number of aryl methyl sites for hydroxylation is 1. The summed E-state index contributed by atoms with van der Waals surface area (Å²) in [4.78, 5) is 19.5. The van der Waals surface area contributed by atoms with Crippen molar-refractivity contribution in [3.05, 3.63) is 10.6 Å². The summed E-state index contributed by atoms with van der Waals surface area (Å²) in [5.41, 5.74) is 0.487. The Morgan fingerprint density at radius 3 is 3.00 bits per heavy atom. The van der Waals surface area contributed by atoms with Gasteiger partial charge < -0.3 is 9.64 Å². The molecule has 19 heavy (non-hydrogen) atoms. The highest BCUT2D eigenvalue weighted by Crippen LogP contribution is 2.30. The highest BCUT2D eigenvalue weighted by Gasteiger charge is 2.24. The Morgan fingerprint density at radius 2 is 2.32 bits per heavy atom. The minimum atomic E-state index is -0.299. The van der Waals surface area contributed by atoms with Crippen molar-refractivity contribution in [2.75, 3.05) is 24.6 Å². The van der Waals surface area contributed by atoms with Crippen LogP contribution in [0.5, 0.6) is 0 Å². The summed E-state index contributed by atoms with van der Waals surface area (Å²) < 4.78 is 5.04. The van der Waals surface area contributed by atoms with Gasteiger partial charge in [0.15, 0.2) is 10.8 Å². The maximum absolute atomic E-state index is 11.8. The van der Waals surface area contributed by atoms with E-state index in [4.69, 9.17) is 4.74 Å². The molecule has 0 amide bonds. The van der Waals surface area contributed by atoms with Crippen LogP contribution in [0.3, 0.4) is 0 Å². The van der Waals surface area contributed by atoms with Crippen LogP contribution in [0.15, 0.2) is 0 Å². The molecule has 1 saturated heterocycles. The Balaban J connectivity index is 2.13. The Bertz CT molecular complexity index is 445. The van der Waals surface area contributed by atoms with Crippen molar-refractivity contribution in [3.63, 3.8) is 0 Å². The van der Waals surface area contributed by atoms with Gasteiger partial charge in [0.25, 0.3) is 0 Å². The van der Waals surface area contributed by atoms with E-state index >= 15 is 0 Å². The van der Waals surface area contributed by atoms with Gasteiger partial charge in [0.2, 0.25) is 0 Å². The van der Waals surface area contributed by atoms with Crippen LogP contribution < -0.4 is 4.90 Å². The Hall–Kier alpha value is -1.10. The predicted molar refractivity (Wildman–Crippen MR) is 78.0 cm³/mol. The van der Waals surface area contributed by atoms with Gasteiger partial charge in [-0.25, -0.2) is 9.78 Å². The van der Waals surface area contributed by atoms with Gasteiger partial charge in [0.05, 0.1) is 6.61 Å². The summed E-state index contributed by atoms with van der Waals surface area (Å²) in [6, 6.07) is 0. The van der Waals surface area contributed by atoms with Crippen LogP contribution in [-0.2, 0) is 4.74 Å². The molecular formula is C14H22N2O2S. The summed E-state index contributed by atoms with van der Waals surface area (Å²) in [5, 5.41) is 0.971. The first-order valence-corrected chi connectivity index (χ1v) is 7.86. The maximum atomic E-state index is 11.8. The highest BCUT2D eigenvalue weighted by molar-refractivity contribution is 7.15. The number of carbonyl (C=O) groups excluding carboxylic acids is 1. The third-order valence-corrected chi connectivity index (χ3v) is 4.65. The fourth-order valence-corrected chi connectivity index (χ4v) is 3.41. The zero-order valence-electron chi connectivity index (χ0n) is 11.9. The average Bonchev–Trinajstić information content (AvgIpc) is 2.81. The van der Waals surface area contributed by atoms with E-state index in [-0.39, 0.29) is 5.97 Å². The van der Waals surface area contributed by atoms with Crippen LogP contribution in [0.2, 0.25) is 0 Å². The van der Waals surface area contributed by atoms with E-state index in [0.29, 0.717) is 12.3 Å². The molecule has 1 atom stereocenters. The molecule has 1 unspecified atom stereocenters. The lowest BCUT2D eigenvalue weighted by Gasteiger charge is -2.31. The van der Waals surface area contributed by atoms with Gasteiger partial charge in [0, 0.05) is 18.0 Å². The molecule has 1 fully saturated rings. The lowest BCUT2D eigenvalue weighted by atomic mass is 9.96. The van der Waals surface area contributed by atoms with Crippen molar-refractivity contribution in [2.45, 2.75) is 40.0 Å². The molecule has 0 aliphatic carbocycles. The molecule has 5 heteroatoms. The van der Waals surface area contributed by atoms with Crippen molar-refractivity contribution in [1.29, 1.82) is 0 Å². The van der Waals surface area contributed by atoms with Gasteiger partial charge in [0.1, 0.15) is 0 Å². The number of ether oxygens (including phenoxy) is 1. The molecule has 1 aliphatic rings. The molecule has 0 radical (unpaired) electrons. The van der Waals surface area contributed by atoms with Crippen molar-refractivity contribution < 1.29 is 9.53 Å². The van der Waals surface area contributed by atoms with E-state index < -0.39 is 0 Å². The van der Waals surface area contributed by atoms with E-state index in [1.807, 2.05) is 13.8 Å². The highest BCUT2D eigenvalue weighted by atomic mass is 32.1. The summed E-state index contributed by atoms with van der Waals surface area (Å²) in [5.74, 6) is 0.454. The molecule has 2 rings (SSSR count). The number of hydrogen-bond acceptors (Lipinski definition) is 5. The molecular weight excluding hydrogens is 260 g/mol. The average molecular weight is 282 g/mol. The lowest BCUT2D eigenvalue weighted by Crippen LogP contribution is -2.35. The summed E-state index contributed by atoms with van der Waals surface area (Å²) in [6.07, 6.45) is 3.74. The SMILES string of the molecule is CCOC(=O)c1nc(N2CCCC(CC)C2)sc1C. The van der Waals surface area contributed by atoms with Crippen molar-refractivity contribution in [2.24, 2.45) is 5.92 Å². The fraction of sp³-hybridized carbons (Fsp3) is 0.714. The molecule has 4 nitrogen and oxygen atoms in total. The van der Waals surface area contributed by atoms with E-state index in [1.165, 1.54) is 19.3 Å². The second-order valence-corrected chi connectivity index (χ2v) is 6.17. The number of rotatable bonds is 4. The van der Waals surface area contributed by atoms with Gasteiger partial charge in [-0.3, -0.25) is 0 Å². The first kappa shape index (κ1) is 14.3. The molecule has 1 aliphatic heterocycles. The first-order valence-electron chi connectivity index (χ1n) is 7.05. The molecule has 1 aromatic rings. The number of thiazole rings is 1. The largest absolute Gasteiger partial charge is 0.461 e. The normalized spacial score (nSPS) is 19.5. The van der Waals surface area contributed by atoms with Crippen LogP contribution in [0.1, 0.15) is 48.5 Å². The summed E-state index contributed by atoms with van der Waals surface area (Å²) in [7, 11) is 0. The zero-order chi connectivity index (χ0) is 13.8. The Labute approximate surface area is 118 Å². The van der Waals surface area contributed by atoms with E-state index in [9.17, 15) is 4.79 Å². The maximum Gasteiger partial charge on any atom is 0.358 e. The number of esters is 1. The van der Waals surface area contributed by atoms with Crippen LogP contribution in [0, 0.1) is 12.8 Å². The van der Waals surface area contributed by atoms with Gasteiger partial charge in [-0.2, -0.15) is 0 Å². The molecule has 0 bridgehead atoms. The smallest absolute Gasteiger partial charge is 0.358 e. The monoisotopic (exact) mass is 282 g/mol. The number of anilines is 1. The van der Waals surface area contributed by atoms with E-state index in [1.54, 1.807) is 11.3 Å². The molecule has 0 N–H and O–H groups in total. The van der Waals surface area contributed by atoms with Gasteiger partial charge in [-0.05, 0) is 32.6 Å². The van der Waals surface area contributed by atoms with Gasteiger partial charge in [-0.15, -0.1) is 11.3 Å². The second-order valence-electron chi connectivity index (χ2n) is 4.98. The standard InChI is InChI=1S/C14H22N2O2S/c1-4-11-7-6-8-16(9-11)14-15-12(10(3)19-14)13(17)18-5-2/h11H,4-9H2,1-3H3. The van der Waals surface area contributed by atoms with Crippen molar-refractivity contribution in [3.8, 4) is 0 Å². The van der Waals surface area contributed by atoms with E-state index in [2.05, 4.69) is 16.8 Å². The molecule has 2 heterocycles. The molecule has 1 aromatic heterocycles. The molecule has 0 saturated carbocycles. The summed E-state index contributed by atoms with van der Waals surface area (Å²) in [6.45, 7) is 8.50. The van der Waals surface area contributed by atoms with Crippen LogP contribution in [0.25, 0.3) is 0 Å². The van der Waals surface area contributed by atoms with Gasteiger partial charge in [-0.1, -0.05) is 13.3 Å². The third kappa shape index (κ3) is 3.26. The number of hydrogen-bond donors (Lipinski definition) is 0. The minimum absolute atomic E-state index is 0.299. The summed E-state index contributed by atoms with van der Waals surface area (Å²) >= 11 is 1.60. The minimum Gasteiger partial charge on any atom is -0.461 e. The zero-order valence-corrected chi connectivity index (χ0v) is 12.8. The fourth-order valence-electron chi connectivity index (χ4n) is 2.48. The molecule has 0 aromatic carbocycles. The number of aromatic nitrogens is 1. The Kier molecular flexibility index (Phi) is 4.80.